The summed E-state index contributed by atoms with van der Waals surface area (Å²) in [5, 5.41) is 4.08. The van der Waals surface area contributed by atoms with Crippen molar-refractivity contribution in [1.29, 1.82) is 0 Å². The Balaban J connectivity index is 1.66. The molecule has 0 aliphatic carbocycles. The van der Waals surface area contributed by atoms with Crippen molar-refractivity contribution >= 4 is 17.6 Å². The lowest BCUT2D eigenvalue weighted by Gasteiger charge is -2.22. The van der Waals surface area contributed by atoms with E-state index in [0.29, 0.717) is 13.2 Å². The molecule has 130 valence electrons. The molecule has 1 heterocycles. The summed E-state index contributed by atoms with van der Waals surface area (Å²) in [5.41, 5.74) is 1.15. The Morgan fingerprint density at radius 1 is 1.33 bits per heavy atom. The Morgan fingerprint density at radius 3 is 2.92 bits per heavy atom. The van der Waals surface area contributed by atoms with E-state index in [9.17, 15) is 0 Å². The minimum absolute atomic E-state index is 0.510. The second-order valence-corrected chi connectivity index (χ2v) is 5.88. The highest BCUT2D eigenvalue weighted by molar-refractivity contribution is 6.30. The molecular weight excluding hydrogens is 326 g/mol. The molecule has 0 spiro atoms. The van der Waals surface area contributed by atoms with Crippen molar-refractivity contribution in [3.05, 3.63) is 59.0 Å². The molecule has 6 heteroatoms. The maximum Gasteiger partial charge on any atom is 0.193 e. The summed E-state index contributed by atoms with van der Waals surface area (Å²) in [5.74, 6) is 1.70. The Morgan fingerprint density at radius 2 is 2.21 bits per heavy atom. The molecule has 0 atom stereocenters. The van der Waals surface area contributed by atoms with E-state index in [2.05, 4.69) is 21.3 Å². The molecule has 0 unspecified atom stereocenters. The standard InChI is InChI=1S/C18H24ClN3O2/c1-20-18(22(2)13-15-6-3-7-16(19)12-15)21-9-5-10-23-14-17-8-4-11-24-17/h3-4,6-8,11-12H,5,9-10,13-14H2,1-2H3,(H,20,21). The number of hydrogen-bond acceptors (Lipinski definition) is 3. The third kappa shape index (κ3) is 6.26. The first kappa shape index (κ1) is 18.4. The van der Waals surface area contributed by atoms with E-state index in [1.54, 1.807) is 13.3 Å². The van der Waals surface area contributed by atoms with Gasteiger partial charge < -0.3 is 19.4 Å². The van der Waals surface area contributed by atoms with Crippen LogP contribution in [-0.2, 0) is 17.9 Å². The van der Waals surface area contributed by atoms with Crippen LogP contribution in [0, 0.1) is 0 Å². The van der Waals surface area contributed by atoms with Gasteiger partial charge in [0.15, 0.2) is 5.96 Å². The first-order valence-corrected chi connectivity index (χ1v) is 8.33. The monoisotopic (exact) mass is 349 g/mol. The molecule has 0 saturated carbocycles. The zero-order chi connectivity index (χ0) is 17.2. The summed E-state index contributed by atoms with van der Waals surface area (Å²) >= 11 is 6.03. The van der Waals surface area contributed by atoms with Crippen molar-refractivity contribution in [3.8, 4) is 0 Å². The molecule has 0 saturated heterocycles. The molecule has 2 aromatic rings. The summed E-state index contributed by atoms with van der Waals surface area (Å²) < 4.78 is 10.8. The first-order valence-electron chi connectivity index (χ1n) is 7.95. The van der Waals surface area contributed by atoms with E-state index in [-0.39, 0.29) is 0 Å². The molecule has 1 aromatic heterocycles. The number of rotatable bonds is 8. The predicted molar refractivity (Wildman–Crippen MR) is 97.3 cm³/mol. The molecule has 0 radical (unpaired) electrons. The highest BCUT2D eigenvalue weighted by Crippen LogP contribution is 2.12. The van der Waals surface area contributed by atoms with Crippen molar-refractivity contribution < 1.29 is 9.15 Å². The third-order valence-corrected chi connectivity index (χ3v) is 3.69. The van der Waals surface area contributed by atoms with Crippen molar-refractivity contribution in [3.63, 3.8) is 0 Å². The number of nitrogens with one attached hydrogen (secondary N) is 1. The van der Waals surface area contributed by atoms with Gasteiger partial charge in [-0.15, -0.1) is 0 Å². The van der Waals surface area contributed by atoms with Gasteiger partial charge in [0.05, 0.1) is 6.26 Å². The van der Waals surface area contributed by atoms with Gasteiger partial charge in [-0.2, -0.15) is 0 Å². The molecule has 1 N–H and O–H groups in total. The fourth-order valence-corrected chi connectivity index (χ4v) is 2.52. The second kappa shape index (κ2) is 10.0. The summed E-state index contributed by atoms with van der Waals surface area (Å²) in [4.78, 5) is 6.37. The highest BCUT2D eigenvalue weighted by atomic mass is 35.5. The molecule has 0 aliphatic heterocycles. The Kier molecular flexibility index (Phi) is 7.65. The number of benzene rings is 1. The number of furan rings is 1. The quantitative estimate of drug-likeness (QED) is 0.450. The minimum Gasteiger partial charge on any atom is -0.467 e. The summed E-state index contributed by atoms with van der Waals surface area (Å²) in [6.45, 7) is 2.72. The van der Waals surface area contributed by atoms with Gasteiger partial charge in [-0.3, -0.25) is 4.99 Å². The van der Waals surface area contributed by atoms with Gasteiger partial charge in [0.25, 0.3) is 0 Å². The predicted octanol–water partition coefficient (Wildman–Crippen LogP) is 3.55. The molecule has 5 nitrogen and oxygen atoms in total. The van der Waals surface area contributed by atoms with E-state index in [0.717, 1.165) is 41.8 Å². The number of aliphatic imine (C=N–C) groups is 1. The van der Waals surface area contributed by atoms with Gasteiger partial charge in [0, 0.05) is 38.8 Å². The minimum atomic E-state index is 0.510. The lowest BCUT2D eigenvalue weighted by molar-refractivity contribution is 0.104. The van der Waals surface area contributed by atoms with Crippen molar-refractivity contribution in [2.24, 2.45) is 4.99 Å². The number of halogens is 1. The maximum atomic E-state index is 6.03. The van der Waals surface area contributed by atoms with E-state index < -0.39 is 0 Å². The normalized spacial score (nSPS) is 11.5. The van der Waals surface area contributed by atoms with Crippen LogP contribution in [0.3, 0.4) is 0 Å². The Hall–Kier alpha value is -1.98. The molecule has 0 aliphatic rings. The summed E-state index contributed by atoms with van der Waals surface area (Å²) in [6, 6.07) is 11.6. The van der Waals surface area contributed by atoms with Crippen molar-refractivity contribution in [1.82, 2.24) is 10.2 Å². The van der Waals surface area contributed by atoms with Crippen LogP contribution in [0.1, 0.15) is 17.7 Å². The third-order valence-electron chi connectivity index (χ3n) is 3.46. The highest BCUT2D eigenvalue weighted by Gasteiger charge is 2.06. The average Bonchev–Trinajstić information content (AvgIpc) is 3.07. The fourth-order valence-electron chi connectivity index (χ4n) is 2.31. The smallest absolute Gasteiger partial charge is 0.193 e. The lowest BCUT2D eigenvalue weighted by Crippen LogP contribution is -2.39. The Labute approximate surface area is 148 Å². The molecule has 0 fully saturated rings. The molecule has 24 heavy (non-hydrogen) atoms. The topological polar surface area (TPSA) is 50.0 Å². The largest absolute Gasteiger partial charge is 0.467 e. The molecule has 1 aromatic carbocycles. The molecular formula is C18H24ClN3O2. The zero-order valence-electron chi connectivity index (χ0n) is 14.2. The molecule has 0 bridgehead atoms. The maximum absolute atomic E-state index is 6.03. The zero-order valence-corrected chi connectivity index (χ0v) is 14.9. The van der Waals surface area contributed by atoms with Gasteiger partial charge in [-0.1, -0.05) is 23.7 Å². The second-order valence-electron chi connectivity index (χ2n) is 5.45. The van der Waals surface area contributed by atoms with E-state index in [1.165, 1.54) is 0 Å². The van der Waals surface area contributed by atoms with E-state index in [4.69, 9.17) is 20.8 Å². The van der Waals surface area contributed by atoms with Crippen LogP contribution in [0.25, 0.3) is 0 Å². The van der Waals surface area contributed by atoms with Crippen LogP contribution in [0.4, 0.5) is 0 Å². The van der Waals surface area contributed by atoms with Crippen LogP contribution in [0.15, 0.2) is 52.1 Å². The van der Waals surface area contributed by atoms with Crippen LogP contribution >= 0.6 is 11.6 Å². The van der Waals surface area contributed by atoms with Gasteiger partial charge in [0.1, 0.15) is 12.4 Å². The SMILES string of the molecule is CN=C(NCCCOCc1ccco1)N(C)Cc1cccc(Cl)c1. The van der Waals surface area contributed by atoms with Crippen LogP contribution in [0.2, 0.25) is 5.02 Å². The van der Waals surface area contributed by atoms with Gasteiger partial charge in [0.2, 0.25) is 0 Å². The lowest BCUT2D eigenvalue weighted by atomic mass is 10.2. The molecule has 0 amide bonds. The van der Waals surface area contributed by atoms with Gasteiger partial charge in [-0.25, -0.2) is 0 Å². The summed E-state index contributed by atoms with van der Waals surface area (Å²) in [6.07, 6.45) is 2.55. The van der Waals surface area contributed by atoms with Crippen LogP contribution in [0.5, 0.6) is 0 Å². The van der Waals surface area contributed by atoms with Gasteiger partial charge >= 0.3 is 0 Å². The van der Waals surface area contributed by atoms with Crippen LogP contribution in [-0.4, -0.2) is 38.1 Å². The summed E-state index contributed by atoms with van der Waals surface area (Å²) in [7, 11) is 3.79. The van der Waals surface area contributed by atoms with Crippen molar-refractivity contribution in [2.75, 3.05) is 27.2 Å². The number of guanidine groups is 1. The fraction of sp³-hybridized carbons (Fsp3) is 0.389. The van der Waals surface area contributed by atoms with E-state index >= 15 is 0 Å². The Bertz CT molecular complexity index is 629. The van der Waals surface area contributed by atoms with Gasteiger partial charge in [-0.05, 0) is 36.2 Å². The number of hydrogen-bond donors (Lipinski definition) is 1. The van der Waals surface area contributed by atoms with Crippen LogP contribution < -0.4 is 5.32 Å². The first-order chi connectivity index (χ1) is 11.7. The number of nitrogens with zero attached hydrogens (tertiary/aromatic N) is 2. The number of ether oxygens (including phenoxy) is 1. The average molecular weight is 350 g/mol. The van der Waals surface area contributed by atoms with E-state index in [1.807, 2.05) is 37.4 Å². The molecule has 2 rings (SSSR count). The van der Waals surface area contributed by atoms with Crippen molar-refractivity contribution in [2.45, 2.75) is 19.6 Å².